The molecule has 1 saturated heterocycles. The maximum Gasteiger partial charge on any atom is 0.261 e. The number of hydrogen-bond donors (Lipinski definition) is 2. The van der Waals surface area contributed by atoms with Crippen LogP contribution in [0.1, 0.15) is 79.2 Å². The van der Waals surface area contributed by atoms with E-state index in [1.54, 1.807) is 24.3 Å². The van der Waals surface area contributed by atoms with E-state index in [4.69, 9.17) is 9.72 Å². The van der Waals surface area contributed by atoms with Crippen LogP contribution in [-0.2, 0) is 0 Å². The number of pyridine rings is 1. The molecule has 2 saturated carbocycles. The van der Waals surface area contributed by atoms with E-state index in [-0.39, 0.29) is 23.4 Å². The van der Waals surface area contributed by atoms with Crippen molar-refractivity contribution in [2.45, 2.75) is 75.5 Å². The number of hydrogen-bond acceptors (Lipinski definition) is 6. The normalized spacial score (nSPS) is 21.7. The zero-order valence-electron chi connectivity index (χ0n) is 24.5. The number of carbonyl (C=O) groups excluding carboxylic acids is 1. The number of para-hydroxylation sites is 1. The van der Waals surface area contributed by atoms with Crippen molar-refractivity contribution in [2.24, 2.45) is 0 Å². The van der Waals surface area contributed by atoms with Gasteiger partial charge in [0.25, 0.3) is 5.91 Å². The summed E-state index contributed by atoms with van der Waals surface area (Å²) in [5, 5.41) is 13.1. The van der Waals surface area contributed by atoms with Crippen LogP contribution >= 0.6 is 0 Å². The Morgan fingerprint density at radius 3 is 2.47 bits per heavy atom. The quantitative estimate of drug-likeness (QED) is 0.265. The van der Waals surface area contributed by atoms with E-state index in [0.717, 1.165) is 55.8 Å². The number of fused-ring (bicyclic) bond motifs is 1. The molecule has 8 nitrogen and oxygen atoms in total. The topological polar surface area (TPSA) is 92.5 Å². The second kappa shape index (κ2) is 11.7. The minimum absolute atomic E-state index is 0.0530. The van der Waals surface area contributed by atoms with E-state index in [2.05, 4.69) is 38.0 Å². The van der Waals surface area contributed by atoms with Gasteiger partial charge < -0.3 is 19.3 Å². The van der Waals surface area contributed by atoms with Gasteiger partial charge in [0.05, 0.1) is 29.8 Å². The highest BCUT2D eigenvalue weighted by atomic mass is 19.1. The van der Waals surface area contributed by atoms with Crippen LogP contribution in [0.4, 0.5) is 10.3 Å². The fourth-order valence-corrected chi connectivity index (χ4v) is 7.00. The predicted molar refractivity (Wildman–Crippen MR) is 164 cm³/mol. The second-order valence-corrected chi connectivity index (χ2v) is 12.2. The number of benzene rings is 2. The number of piperidine rings is 1. The van der Waals surface area contributed by atoms with E-state index in [1.807, 2.05) is 0 Å². The van der Waals surface area contributed by atoms with E-state index < -0.39 is 11.7 Å². The summed E-state index contributed by atoms with van der Waals surface area (Å²) < 4.78 is 23.3. The first-order valence-corrected chi connectivity index (χ1v) is 15.5. The van der Waals surface area contributed by atoms with Crippen LogP contribution in [0.5, 0.6) is 5.75 Å². The number of aliphatic hydroxyl groups is 1. The maximum atomic E-state index is 15.8. The highest BCUT2D eigenvalue weighted by molar-refractivity contribution is 6.05. The number of nitrogens with zero attached hydrogens (tertiary/aromatic N) is 4. The Bertz CT molecular complexity index is 1630. The summed E-state index contributed by atoms with van der Waals surface area (Å²) in [6.45, 7) is 2.28. The highest BCUT2D eigenvalue weighted by Gasteiger charge is 2.33. The molecule has 2 aromatic heterocycles. The first-order valence-electron chi connectivity index (χ1n) is 15.5. The van der Waals surface area contributed by atoms with Gasteiger partial charge in [0, 0.05) is 23.8 Å². The van der Waals surface area contributed by atoms with Gasteiger partial charge in [-0.25, -0.2) is 9.37 Å². The van der Waals surface area contributed by atoms with Crippen LogP contribution in [0.15, 0.2) is 54.7 Å². The van der Waals surface area contributed by atoms with Gasteiger partial charge in [-0.1, -0.05) is 18.2 Å². The van der Waals surface area contributed by atoms with Gasteiger partial charge in [-0.05, 0) is 106 Å². The van der Waals surface area contributed by atoms with Crippen LogP contribution in [0.25, 0.3) is 22.3 Å². The molecule has 0 unspecified atom stereocenters. The Morgan fingerprint density at radius 2 is 1.72 bits per heavy atom. The number of amides is 1. The van der Waals surface area contributed by atoms with E-state index >= 15 is 4.39 Å². The Kier molecular flexibility index (Phi) is 7.61. The lowest BCUT2D eigenvalue weighted by atomic mass is 9.89. The minimum Gasteiger partial charge on any atom is -0.496 e. The number of ether oxygens (including phenoxy) is 1. The number of imidazole rings is 1. The van der Waals surface area contributed by atoms with Crippen molar-refractivity contribution in [3.8, 4) is 17.0 Å². The van der Waals surface area contributed by atoms with Gasteiger partial charge in [-0.2, -0.15) is 0 Å². The number of nitrogens with one attached hydrogen (secondary N) is 1. The van der Waals surface area contributed by atoms with Crippen LogP contribution in [0.2, 0.25) is 0 Å². The Labute approximate surface area is 250 Å². The number of aliphatic hydroxyl groups excluding tert-OH is 1. The molecule has 0 spiro atoms. The first-order chi connectivity index (χ1) is 21.0. The maximum absolute atomic E-state index is 15.8. The van der Waals surface area contributed by atoms with E-state index in [1.165, 1.54) is 37.8 Å². The molecule has 3 heterocycles. The molecule has 4 aromatic rings. The largest absolute Gasteiger partial charge is 0.496 e. The third-order valence-electron chi connectivity index (χ3n) is 9.53. The predicted octanol–water partition coefficient (Wildman–Crippen LogP) is 6.32. The van der Waals surface area contributed by atoms with E-state index in [9.17, 15) is 9.90 Å². The van der Waals surface area contributed by atoms with Crippen LogP contribution in [-0.4, -0.2) is 62.8 Å². The summed E-state index contributed by atoms with van der Waals surface area (Å²) in [4.78, 5) is 25.4. The molecule has 9 heteroatoms. The molecular formula is C34H38FN5O3. The molecule has 0 bridgehead atoms. The van der Waals surface area contributed by atoms with E-state index in [0.29, 0.717) is 36.0 Å². The zero-order valence-corrected chi connectivity index (χ0v) is 24.5. The summed E-state index contributed by atoms with van der Waals surface area (Å²) in [6.07, 6.45) is 9.02. The van der Waals surface area contributed by atoms with Gasteiger partial charge in [0.2, 0.25) is 5.95 Å². The van der Waals surface area contributed by atoms with Crippen LogP contribution < -0.4 is 10.1 Å². The molecule has 3 fully saturated rings. The van der Waals surface area contributed by atoms with Crippen molar-refractivity contribution in [3.05, 3.63) is 71.7 Å². The number of rotatable bonds is 7. The fraction of sp³-hybridized carbons (Fsp3) is 0.441. The van der Waals surface area contributed by atoms with Gasteiger partial charge >= 0.3 is 0 Å². The summed E-state index contributed by atoms with van der Waals surface area (Å²) in [6, 6.07) is 15.8. The van der Waals surface area contributed by atoms with Crippen LogP contribution in [0.3, 0.4) is 0 Å². The third-order valence-corrected chi connectivity index (χ3v) is 9.53. The molecule has 3 aliphatic rings. The number of halogens is 1. The summed E-state index contributed by atoms with van der Waals surface area (Å²) in [5.74, 6) is 0.0644. The number of likely N-dealkylation sites (tertiary alicyclic amines) is 1. The lowest BCUT2D eigenvalue weighted by Crippen LogP contribution is -2.34. The molecule has 1 amide bonds. The number of methoxy groups -OCH3 is 1. The van der Waals surface area contributed by atoms with Crippen LogP contribution in [0, 0.1) is 5.82 Å². The lowest BCUT2D eigenvalue weighted by molar-refractivity contribution is 0.101. The minimum atomic E-state index is -0.715. The third kappa shape index (κ3) is 5.52. The number of aromatic nitrogens is 3. The highest BCUT2D eigenvalue weighted by Crippen LogP contribution is 2.38. The SMILES string of the molecule is COc1ccccc1-c1nccc(C(=O)Nc2nc3cc(C4CCN(C5CC5)CC4)ccc3n2C2CCC(O)CC2)c1F. The smallest absolute Gasteiger partial charge is 0.261 e. The molecule has 1 aliphatic heterocycles. The molecule has 7 rings (SSSR count). The fourth-order valence-electron chi connectivity index (χ4n) is 7.00. The zero-order chi connectivity index (χ0) is 29.5. The molecular weight excluding hydrogens is 545 g/mol. The van der Waals surface area contributed by atoms with Crippen molar-refractivity contribution in [1.82, 2.24) is 19.4 Å². The Morgan fingerprint density at radius 1 is 0.977 bits per heavy atom. The first kappa shape index (κ1) is 28.0. The molecule has 2 N–H and O–H groups in total. The molecule has 0 radical (unpaired) electrons. The van der Waals surface area contributed by atoms with Gasteiger partial charge in [0.1, 0.15) is 11.4 Å². The summed E-state index contributed by atoms with van der Waals surface area (Å²) in [5.41, 5.74) is 3.47. The Hall–Kier alpha value is -3.82. The Balaban J connectivity index is 1.20. The monoisotopic (exact) mass is 583 g/mol. The van der Waals surface area contributed by atoms with Crippen molar-refractivity contribution < 1.29 is 19.0 Å². The average Bonchev–Trinajstić information content (AvgIpc) is 3.83. The second-order valence-electron chi connectivity index (χ2n) is 12.2. The van der Waals surface area contributed by atoms with Crippen molar-refractivity contribution in [3.63, 3.8) is 0 Å². The molecule has 0 atom stereocenters. The van der Waals surface area contributed by atoms with Gasteiger partial charge in [-0.3, -0.25) is 15.1 Å². The molecule has 2 aromatic carbocycles. The average molecular weight is 584 g/mol. The van der Waals surface area contributed by atoms with Gasteiger partial charge in [0.15, 0.2) is 5.82 Å². The van der Waals surface area contributed by atoms with Crippen molar-refractivity contribution in [1.29, 1.82) is 0 Å². The lowest BCUT2D eigenvalue weighted by Gasteiger charge is -2.32. The van der Waals surface area contributed by atoms with Crippen molar-refractivity contribution >= 4 is 22.9 Å². The number of anilines is 1. The van der Waals surface area contributed by atoms with Crippen molar-refractivity contribution in [2.75, 3.05) is 25.5 Å². The van der Waals surface area contributed by atoms with Gasteiger partial charge in [-0.15, -0.1) is 0 Å². The molecule has 2 aliphatic carbocycles. The molecule has 43 heavy (non-hydrogen) atoms. The summed E-state index contributed by atoms with van der Waals surface area (Å²) in [7, 11) is 1.52. The standard InChI is InChI=1S/C34H38FN5O3/c1-43-30-5-3-2-4-26(30)32-31(35)27(14-17-36-32)33(42)38-34-37-28-20-22(21-15-18-39(19-16-21)23-7-8-23)6-13-29(28)40(34)24-9-11-25(41)12-10-24/h2-6,13-14,17,20-21,23-25,41H,7-12,15-16,18-19H2,1H3,(H,37,38,42). The number of carbonyl (C=O) groups is 1. The summed E-state index contributed by atoms with van der Waals surface area (Å²) >= 11 is 0. The molecule has 224 valence electrons.